The van der Waals surface area contributed by atoms with Gasteiger partial charge in [0, 0.05) is 6.07 Å². The van der Waals surface area contributed by atoms with Gasteiger partial charge in [-0.05, 0) is 12.1 Å². The van der Waals surface area contributed by atoms with Crippen LogP contribution in [0.5, 0.6) is 0 Å². The van der Waals surface area contributed by atoms with E-state index in [1.807, 2.05) is 6.07 Å². The molecular weight excluding hydrogens is 188 g/mol. The Morgan fingerprint density at radius 1 is 1.42 bits per heavy atom. The Labute approximate surface area is 67.9 Å². The van der Waals surface area contributed by atoms with Gasteiger partial charge in [-0.1, -0.05) is 0 Å². The van der Waals surface area contributed by atoms with Crippen LogP contribution in [0.3, 0.4) is 0 Å². The number of nitrogens with two attached hydrogens (primary N) is 1. The summed E-state index contributed by atoms with van der Waals surface area (Å²) in [5.41, 5.74) is 0. The number of halogens is 2. The number of hydrogen-bond acceptors (Lipinski definition) is 2. The van der Waals surface area contributed by atoms with E-state index in [2.05, 4.69) is 5.14 Å². The van der Waals surface area contributed by atoms with Crippen LogP contribution in [0.1, 0.15) is 0 Å². The third-order valence-electron chi connectivity index (χ3n) is 1.16. The molecule has 1 radical (unpaired) electrons. The average Bonchev–Trinajstić information content (AvgIpc) is 1.92. The molecule has 65 valence electrons. The summed E-state index contributed by atoms with van der Waals surface area (Å²) >= 11 is 0. The van der Waals surface area contributed by atoms with E-state index < -0.39 is 26.6 Å². The van der Waals surface area contributed by atoms with Crippen LogP contribution in [0.2, 0.25) is 0 Å². The van der Waals surface area contributed by atoms with Gasteiger partial charge in [0.2, 0.25) is 10.0 Å². The summed E-state index contributed by atoms with van der Waals surface area (Å²) in [5, 5.41) is 4.58. The van der Waals surface area contributed by atoms with Crippen molar-refractivity contribution in [1.29, 1.82) is 0 Å². The zero-order valence-corrected chi connectivity index (χ0v) is 6.53. The molecule has 0 unspecified atom stereocenters. The third-order valence-corrected chi connectivity index (χ3v) is 2.09. The van der Waals surface area contributed by atoms with E-state index in [1.54, 1.807) is 0 Å². The third kappa shape index (κ3) is 1.59. The summed E-state index contributed by atoms with van der Waals surface area (Å²) in [6.45, 7) is 0. The van der Waals surface area contributed by atoms with Crippen molar-refractivity contribution in [1.82, 2.24) is 0 Å². The topological polar surface area (TPSA) is 60.2 Å². The number of rotatable bonds is 1. The normalized spacial score (nSPS) is 11.6. The Morgan fingerprint density at radius 3 is 2.42 bits per heavy atom. The summed E-state index contributed by atoms with van der Waals surface area (Å²) in [5.74, 6) is -2.86. The van der Waals surface area contributed by atoms with E-state index >= 15 is 0 Å². The summed E-state index contributed by atoms with van der Waals surface area (Å²) in [6, 6.07) is 3.63. The Hall–Kier alpha value is -1.01. The highest BCUT2D eigenvalue weighted by Gasteiger charge is 2.16. The standard InChI is InChI=1S/C6H4F2NO2S/c7-4-2-1-3-5(6(4)8)12(9,10)11/h1,3H,(H2,9,10,11). The molecule has 0 aliphatic carbocycles. The lowest BCUT2D eigenvalue weighted by Crippen LogP contribution is -2.14. The number of primary sulfonamides is 1. The molecule has 0 aliphatic rings. The van der Waals surface area contributed by atoms with Crippen molar-refractivity contribution >= 4 is 10.0 Å². The van der Waals surface area contributed by atoms with Gasteiger partial charge >= 0.3 is 0 Å². The highest BCUT2D eigenvalue weighted by Crippen LogP contribution is 2.14. The molecule has 0 spiro atoms. The van der Waals surface area contributed by atoms with Crippen molar-refractivity contribution in [2.75, 3.05) is 0 Å². The second kappa shape index (κ2) is 2.80. The second-order valence-corrected chi connectivity index (χ2v) is 3.54. The van der Waals surface area contributed by atoms with Crippen LogP contribution in [0.15, 0.2) is 17.0 Å². The van der Waals surface area contributed by atoms with Crippen molar-refractivity contribution < 1.29 is 17.2 Å². The van der Waals surface area contributed by atoms with E-state index in [1.165, 1.54) is 0 Å². The molecule has 2 N–H and O–H groups in total. The maximum absolute atomic E-state index is 12.6. The summed E-state index contributed by atoms with van der Waals surface area (Å²) in [7, 11) is -4.19. The van der Waals surface area contributed by atoms with Crippen molar-refractivity contribution in [3.63, 3.8) is 0 Å². The van der Waals surface area contributed by atoms with Gasteiger partial charge in [0.25, 0.3) is 0 Å². The Balaban J connectivity index is 3.47. The first-order valence-corrected chi connectivity index (χ1v) is 4.36. The molecule has 0 bridgehead atoms. The molecule has 3 nitrogen and oxygen atoms in total. The zero-order valence-electron chi connectivity index (χ0n) is 5.71. The number of sulfonamides is 1. The predicted octanol–water partition coefficient (Wildman–Crippen LogP) is 0.412. The molecule has 1 aromatic rings. The van der Waals surface area contributed by atoms with Gasteiger partial charge in [-0.2, -0.15) is 0 Å². The monoisotopic (exact) mass is 192 g/mol. The lowest BCUT2D eigenvalue weighted by atomic mass is 10.3. The summed E-state index contributed by atoms with van der Waals surface area (Å²) in [6.07, 6.45) is 0. The first-order valence-electron chi connectivity index (χ1n) is 2.81. The maximum atomic E-state index is 12.6. The molecule has 0 atom stereocenters. The highest BCUT2D eigenvalue weighted by atomic mass is 32.2. The first-order chi connectivity index (χ1) is 5.43. The zero-order chi connectivity index (χ0) is 9.35. The van der Waals surface area contributed by atoms with Crippen LogP contribution in [0.4, 0.5) is 8.78 Å². The van der Waals surface area contributed by atoms with E-state index in [4.69, 9.17) is 0 Å². The van der Waals surface area contributed by atoms with Gasteiger partial charge < -0.3 is 0 Å². The van der Waals surface area contributed by atoms with E-state index in [-0.39, 0.29) is 0 Å². The van der Waals surface area contributed by atoms with Crippen molar-refractivity contribution in [3.8, 4) is 0 Å². The fourth-order valence-corrected chi connectivity index (χ4v) is 1.25. The van der Waals surface area contributed by atoms with Crippen LogP contribution >= 0.6 is 0 Å². The molecule has 1 aromatic carbocycles. The highest BCUT2D eigenvalue weighted by molar-refractivity contribution is 7.89. The predicted molar refractivity (Wildman–Crippen MR) is 36.6 cm³/mol. The maximum Gasteiger partial charge on any atom is 0.241 e. The van der Waals surface area contributed by atoms with Crippen molar-refractivity contribution in [2.45, 2.75) is 4.90 Å². The fourth-order valence-electron chi connectivity index (χ4n) is 0.655. The molecule has 0 saturated heterocycles. The van der Waals surface area contributed by atoms with Crippen LogP contribution in [0, 0.1) is 17.7 Å². The smallest absolute Gasteiger partial charge is 0.225 e. The van der Waals surface area contributed by atoms with E-state index in [0.29, 0.717) is 0 Å². The fraction of sp³-hybridized carbons (Fsp3) is 0. The van der Waals surface area contributed by atoms with Crippen LogP contribution in [-0.2, 0) is 10.0 Å². The minimum absolute atomic E-state index is 0.841. The van der Waals surface area contributed by atoms with Crippen LogP contribution in [-0.4, -0.2) is 8.42 Å². The van der Waals surface area contributed by atoms with Crippen molar-refractivity contribution in [2.24, 2.45) is 5.14 Å². The largest absolute Gasteiger partial charge is 0.241 e. The number of hydrogen-bond donors (Lipinski definition) is 1. The number of benzene rings is 1. The van der Waals surface area contributed by atoms with Crippen LogP contribution in [0.25, 0.3) is 0 Å². The van der Waals surface area contributed by atoms with Gasteiger partial charge in [-0.3, -0.25) is 0 Å². The molecule has 12 heavy (non-hydrogen) atoms. The Kier molecular flexibility index (Phi) is 2.12. The molecule has 0 saturated carbocycles. The second-order valence-electron chi connectivity index (χ2n) is 2.01. The lowest BCUT2D eigenvalue weighted by Gasteiger charge is -1.98. The van der Waals surface area contributed by atoms with E-state index in [0.717, 1.165) is 12.1 Å². The SMILES string of the molecule is NS(=O)(=O)c1cc[c]c(F)c1F. The minimum atomic E-state index is -4.19. The molecule has 0 aromatic heterocycles. The molecule has 0 aliphatic heterocycles. The molecule has 0 amide bonds. The molecule has 0 heterocycles. The van der Waals surface area contributed by atoms with Gasteiger partial charge in [0.05, 0.1) is 0 Å². The van der Waals surface area contributed by atoms with Gasteiger partial charge in [0.15, 0.2) is 11.6 Å². The molecular formula is C6H4F2NO2S. The Bertz CT molecular complexity index is 402. The molecule has 6 heteroatoms. The Morgan fingerprint density at radius 2 is 2.00 bits per heavy atom. The van der Waals surface area contributed by atoms with Gasteiger partial charge in [0.1, 0.15) is 4.90 Å². The summed E-state index contributed by atoms with van der Waals surface area (Å²) in [4.78, 5) is -0.862. The lowest BCUT2D eigenvalue weighted by molar-refractivity contribution is 0.483. The average molecular weight is 192 g/mol. The van der Waals surface area contributed by atoms with Crippen molar-refractivity contribution in [3.05, 3.63) is 29.8 Å². The minimum Gasteiger partial charge on any atom is -0.225 e. The molecule has 0 fully saturated rings. The van der Waals surface area contributed by atoms with E-state index in [9.17, 15) is 17.2 Å². The van der Waals surface area contributed by atoms with Gasteiger partial charge in [-0.15, -0.1) is 0 Å². The first kappa shape index (κ1) is 9.08. The van der Waals surface area contributed by atoms with Crippen LogP contribution < -0.4 is 5.14 Å². The molecule has 1 rings (SSSR count). The summed E-state index contributed by atoms with van der Waals surface area (Å²) < 4.78 is 46.1. The quantitative estimate of drug-likeness (QED) is 0.700. The van der Waals surface area contributed by atoms with Gasteiger partial charge in [-0.25, -0.2) is 22.3 Å².